The first-order valence-electron chi connectivity index (χ1n) is 11.3. The SMILES string of the molecule is CN(C)C(=O)c1ccccc1Nc1nc(Nc2cccc(CCN3CCOCC3)c2)ncc1Cl. The zero-order valence-corrected chi connectivity index (χ0v) is 20.2. The van der Waals surface area contributed by atoms with Crippen molar-refractivity contribution in [2.24, 2.45) is 0 Å². The molecule has 3 aromatic rings. The number of morpholine rings is 1. The van der Waals surface area contributed by atoms with Gasteiger partial charge >= 0.3 is 0 Å². The average molecular weight is 481 g/mol. The minimum Gasteiger partial charge on any atom is -0.379 e. The summed E-state index contributed by atoms with van der Waals surface area (Å²) in [6.45, 7) is 4.58. The van der Waals surface area contributed by atoms with Crippen LogP contribution in [-0.2, 0) is 11.2 Å². The number of carbonyl (C=O) groups excluding carboxylic acids is 1. The molecule has 0 spiro atoms. The third-order valence-electron chi connectivity index (χ3n) is 5.56. The molecule has 9 heteroatoms. The molecule has 0 unspecified atom stereocenters. The molecule has 0 saturated carbocycles. The summed E-state index contributed by atoms with van der Waals surface area (Å²) in [5.41, 5.74) is 3.29. The number of hydrogen-bond acceptors (Lipinski definition) is 7. The maximum atomic E-state index is 12.5. The van der Waals surface area contributed by atoms with Crippen LogP contribution < -0.4 is 10.6 Å². The van der Waals surface area contributed by atoms with Crippen molar-refractivity contribution in [1.82, 2.24) is 19.8 Å². The first-order valence-corrected chi connectivity index (χ1v) is 11.6. The van der Waals surface area contributed by atoms with Crippen LogP contribution in [0, 0.1) is 0 Å². The molecule has 0 bridgehead atoms. The molecule has 178 valence electrons. The number of aromatic nitrogens is 2. The quantitative estimate of drug-likeness (QED) is 0.500. The zero-order valence-electron chi connectivity index (χ0n) is 19.4. The minimum atomic E-state index is -0.111. The van der Waals surface area contributed by atoms with Gasteiger partial charge in [-0.15, -0.1) is 0 Å². The van der Waals surface area contributed by atoms with Gasteiger partial charge in [0.05, 0.1) is 30.7 Å². The summed E-state index contributed by atoms with van der Waals surface area (Å²) in [4.78, 5) is 25.3. The summed E-state index contributed by atoms with van der Waals surface area (Å²) in [6, 6.07) is 15.5. The topological polar surface area (TPSA) is 82.6 Å². The molecule has 34 heavy (non-hydrogen) atoms. The summed E-state index contributed by atoms with van der Waals surface area (Å²) in [5.74, 6) is 0.718. The van der Waals surface area contributed by atoms with E-state index in [0.29, 0.717) is 28.0 Å². The number of carbonyl (C=O) groups is 1. The third kappa shape index (κ3) is 6.22. The van der Waals surface area contributed by atoms with Crippen LogP contribution in [0.3, 0.4) is 0 Å². The first kappa shape index (κ1) is 23.9. The highest BCUT2D eigenvalue weighted by molar-refractivity contribution is 6.33. The fraction of sp³-hybridized carbons (Fsp3) is 0.320. The summed E-state index contributed by atoms with van der Waals surface area (Å²) in [6.07, 6.45) is 2.50. The highest BCUT2D eigenvalue weighted by atomic mass is 35.5. The van der Waals surface area contributed by atoms with Crippen molar-refractivity contribution in [1.29, 1.82) is 0 Å². The van der Waals surface area contributed by atoms with E-state index < -0.39 is 0 Å². The second-order valence-corrected chi connectivity index (χ2v) is 8.70. The van der Waals surface area contributed by atoms with E-state index in [4.69, 9.17) is 16.3 Å². The smallest absolute Gasteiger partial charge is 0.255 e. The van der Waals surface area contributed by atoms with Gasteiger partial charge in [-0.25, -0.2) is 4.98 Å². The van der Waals surface area contributed by atoms with Gasteiger partial charge in [0, 0.05) is 39.4 Å². The molecule has 0 atom stereocenters. The molecule has 4 rings (SSSR count). The Labute approximate surface area is 204 Å². The van der Waals surface area contributed by atoms with Gasteiger partial charge in [-0.1, -0.05) is 35.9 Å². The van der Waals surface area contributed by atoms with Crippen LogP contribution in [0.2, 0.25) is 5.02 Å². The highest BCUT2D eigenvalue weighted by Crippen LogP contribution is 2.27. The molecule has 8 nitrogen and oxygen atoms in total. The van der Waals surface area contributed by atoms with Gasteiger partial charge in [0.15, 0.2) is 5.82 Å². The number of benzene rings is 2. The van der Waals surface area contributed by atoms with Gasteiger partial charge in [-0.05, 0) is 36.2 Å². The molecule has 0 aliphatic carbocycles. The lowest BCUT2D eigenvalue weighted by Crippen LogP contribution is -2.37. The molecular weight excluding hydrogens is 452 g/mol. The largest absolute Gasteiger partial charge is 0.379 e. The summed E-state index contributed by atoms with van der Waals surface area (Å²) < 4.78 is 5.42. The van der Waals surface area contributed by atoms with E-state index in [-0.39, 0.29) is 5.91 Å². The standard InChI is InChI=1S/C25H29ClN6O2/c1-31(2)24(33)20-8-3-4-9-22(20)29-23-21(26)17-27-25(30-23)28-19-7-5-6-18(16-19)10-11-32-12-14-34-15-13-32/h3-9,16-17H,10-15H2,1-2H3,(H2,27,28,29,30). The van der Waals surface area contributed by atoms with Crippen LogP contribution >= 0.6 is 11.6 Å². The van der Waals surface area contributed by atoms with Crippen LogP contribution in [0.15, 0.2) is 54.7 Å². The van der Waals surface area contributed by atoms with Gasteiger partial charge < -0.3 is 20.3 Å². The number of hydrogen-bond donors (Lipinski definition) is 2. The van der Waals surface area contributed by atoms with Crippen molar-refractivity contribution in [3.05, 3.63) is 70.9 Å². The van der Waals surface area contributed by atoms with E-state index in [9.17, 15) is 4.79 Å². The van der Waals surface area contributed by atoms with Crippen molar-refractivity contribution >= 4 is 40.6 Å². The van der Waals surface area contributed by atoms with Crippen LogP contribution in [0.5, 0.6) is 0 Å². The van der Waals surface area contributed by atoms with Crippen molar-refractivity contribution in [3.63, 3.8) is 0 Å². The number of halogens is 1. The molecule has 1 amide bonds. The molecule has 1 aliphatic heterocycles. The van der Waals surface area contributed by atoms with Gasteiger partial charge in [0.1, 0.15) is 5.02 Å². The Hall–Kier alpha value is -3.20. The summed E-state index contributed by atoms with van der Waals surface area (Å²) >= 11 is 6.36. The third-order valence-corrected chi connectivity index (χ3v) is 5.84. The number of ether oxygens (including phenoxy) is 1. The zero-order chi connectivity index (χ0) is 23.9. The minimum absolute atomic E-state index is 0.111. The molecule has 1 aliphatic rings. The Balaban J connectivity index is 1.46. The Bertz CT molecular complexity index is 1130. The van der Waals surface area contributed by atoms with Gasteiger partial charge in [0.2, 0.25) is 5.95 Å². The van der Waals surface area contributed by atoms with Crippen molar-refractivity contribution in [2.75, 3.05) is 57.6 Å². The normalized spacial score (nSPS) is 14.0. The van der Waals surface area contributed by atoms with Crippen molar-refractivity contribution in [2.45, 2.75) is 6.42 Å². The molecule has 1 saturated heterocycles. The van der Waals surface area contributed by atoms with Crippen molar-refractivity contribution < 1.29 is 9.53 Å². The van der Waals surface area contributed by atoms with E-state index in [1.807, 2.05) is 30.3 Å². The van der Waals surface area contributed by atoms with Crippen LogP contribution in [0.25, 0.3) is 0 Å². The molecule has 2 heterocycles. The molecule has 0 radical (unpaired) electrons. The second kappa shape index (κ2) is 11.3. The van der Waals surface area contributed by atoms with Crippen LogP contribution in [-0.4, -0.2) is 72.6 Å². The number of nitrogens with one attached hydrogen (secondary N) is 2. The van der Waals surface area contributed by atoms with Crippen LogP contribution in [0.4, 0.5) is 23.1 Å². The number of rotatable bonds is 8. The van der Waals surface area contributed by atoms with Gasteiger partial charge in [-0.2, -0.15) is 4.98 Å². The van der Waals surface area contributed by atoms with E-state index in [0.717, 1.165) is 45.0 Å². The average Bonchev–Trinajstić information content (AvgIpc) is 2.85. The number of amides is 1. The van der Waals surface area contributed by atoms with Crippen LogP contribution in [0.1, 0.15) is 15.9 Å². The fourth-order valence-electron chi connectivity index (χ4n) is 3.71. The first-order chi connectivity index (χ1) is 16.5. The Morgan fingerprint density at radius 1 is 1.12 bits per heavy atom. The fourth-order valence-corrected chi connectivity index (χ4v) is 3.85. The Morgan fingerprint density at radius 3 is 2.71 bits per heavy atom. The Morgan fingerprint density at radius 2 is 1.91 bits per heavy atom. The van der Waals surface area contributed by atoms with E-state index in [1.54, 1.807) is 20.2 Å². The van der Waals surface area contributed by atoms with E-state index in [2.05, 4.69) is 37.6 Å². The molecule has 2 N–H and O–H groups in total. The Kier molecular flexibility index (Phi) is 7.95. The predicted octanol–water partition coefficient (Wildman–Crippen LogP) is 4.19. The number of anilines is 4. The number of para-hydroxylation sites is 1. The van der Waals surface area contributed by atoms with E-state index in [1.165, 1.54) is 16.7 Å². The molecule has 1 aromatic heterocycles. The number of nitrogens with zero attached hydrogens (tertiary/aromatic N) is 4. The monoisotopic (exact) mass is 480 g/mol. The van der Waals surface area contributed by atoms with Gasteiger partial charge in [0.25, 0.3) is 5.91 Å². The molecule has 2 aromatic carbocycles. The van der Waals surface area contributed by atoms with E-state index >= 15 is 0 Å². The molecular formula is C25H29ClN6O2. The van der Waals surface area contributed by atoms with Crippen molar-refractivity contribution in [3.8, 4) is 0 Å². The summed E-state index contributed by atoms with van der Waals surface area (Å²) in [5, 5.41) is 6.80. The summed E-state index contributed by atoms with van der Waals surface area (Å²) in [7, 11) is 3.43. The maximum Gasteiger partial charge on any atom is 0.255 e. The second-order valence-electron chi connectivity index (χ2n) is 8.29. The lowest BCUT2D eigenvalue weighted by atomic mass is 10.1. The lowest BCUT2D eigenvalue weighted by Gasteiger charge is -2.26. The van der Waals surface area contributed by atoms with Gasteiger partial charge in [-0.3, -0.25) is 9.69 Å². The maximum absolute atomic E-state index is 12.5. The highest BCUT2D eigenvalue weighted by Gasteiger charge is 2.15. The lowest BCUT2D eigenvalue weighted by molar-refractivity contribution is 0.0384. The predicted molar refractivity (Wildman–Crippen MR) is 135 cm³/mol. The molecule has 1 fully saturated rings.